The fourth-order valence-electron chi connectivity index (χ4n) is 2.71. The summed E-state index contributed by atoms with van der Waals surface area (Å²) in [5.41, 5.74) is 0.232. The molecular formula is C14H17F3N4S. The van der Waals surface area contributed by atoms with Crippen LogP contribution in [0.4, 0.5) is 13.2 Å². The molecule has 1 atom stereocenters. The van der Waals surface area contributed by atoms with E-state index in [0.717, 1.165) is 29.9 Å². The van der Waals surface area contributed by atoms with Gasteiger partial charge in [-0.1, -0.05) is 0 Å². The summed E-state index contributed by atoms with van der Waals surface area (Å²) in [6.45, 7) is 4.02. The maximum atomic E-state index is 12.7. The zero-order chi connectivity index (χ0) is 15.7. The number of aryl methyl sites for hydroxylation is 2. The number of nitrogens with zero attached hydrogens (tertiary/aromatic N) is 3. The van der Waals surface area contributed by atoms with Gasteiger partial charge in [-0.3, -0.25) is 0 Å². The summed E-state index contributed by atoms with van der Waals surface area (Å²) in [6.07, 6.45) is -1.78. The van der Waals surface area contributed by atoms with E-state index in [0.29, 0.717) is 31.3 Å². The van der Waals surface area contributed by atoms with Crippen LogP contribution in [0.5, 0.6) is 0 Å². The zero-order valence-corrected chi connectivity index (χ0v) is 13.0. The molecule has 120 valence electrons. The number of thiazole rings is 1. The molecule has 1 aliphatic heterocycles. The van der Waals surface area contributed by atoms with Crippen LogP contribution in [-0.4, -0.2) is 21.1 Å². The quantitative estimate of drug-likeness (QED) is 0.937. The number of fused-ring (bicyclic) bond motifs is 1. The van der Waals surface area contributed by atoms with Gasteiger partial charge in [0.25, 0.3) is 0 Å². The van der Waals surface area contributed by atoms with Crippen LogP contribution in [0.25, 0.3) is 0 Å². The van der Waals surface area contributed by atoms with Crippen molar-refractivity contribution in [2.45, 2.75) is 39.0 Å². The van der Waals surface area contributed by atoms with Gasteiger partial charge in [0, 0.05) is 37.6 Å². The number of aromatic nitrogens is 3. The van der Waals surface area contributed by atoms with E-state index >= 15 is 0 Å². The highest BCUT2D eigenvalue weighted by atomic mass is 32.1. The number of hydrogen-bond donors (Lipinski definition) is 1. The van der Waals surface area contributed by atoms with Gasteiger partial charge in [-0.2, -0.15) is 13.2 Å². The minimum atomic E-state index is -4.36. The average molecular weight is 330 g/mol. The third kappa shape index (κ3) is 3.49. The number of hydrogen-bond acceptors (Lipinski definition) is 4. The standard InChI is InChI=1S/C14H17F3N4S/c1-9-19-11(8-22-9)5-18-4-10-2-3-13-20-12(14(15,16)17)7-21(13)6-10/h7-8,10,18H,2-6H2,1H3. The van der Waals surface area contributed by atoms with E-state index in [1.165, 1.54) is 0 Å². The minimum absolute atomic E-state index is 0.322. The number of nitrogens with one attached hydrogen (secondary N) is 1. The van der Waals surface area contributed by atoms with E-state index in [2.05, 4.69) is 15.3 Å². The summed E-state index contributed by atoms with van der Waals surface area (Å²) < 4.78 is 39.7. The Kier molecular flexibility index (Phi) is 4.22. The molecule has 1 unspecified atom stereocenters. The third-order valence-corrected chi connectivity index (χ3v) is 4.61. The van der Waals surface area contributed by atoms with Crippen LogP contribution in [0.15, 0.2) is 11.6 Å². The van der Waals surface area contributed by atoms with Gasteiger partial charge < -0.3 is 9.88 Å². The molecule has 0 spiro atoms. The molecule has 3 heterocycles. The molecule has 22 heavy (non-hydrogen) atoms. The van der Waals surface area contributed by atoms with E-state index in [1.54, 1.807) is 15.9 Å². The maximum Gasteiger partial charge on any atom is 0.434 e. The Hall–Kier alpha value is -1.41. The Balaban J connectivity index is 1.54. The Bertz CT molecular complexity index is 647. The van der Waals surface area contributed by atoms with Crippen LogP contribution in [0.3, 0.4) is 0 Å². The summed E-state index contributed by atoms with van der Waals surface area (Å²) in [4.78, 5) is 8.07. The molecule has 0 aromatic carbocycles. The van der Waals surface area contributed by atoms with E-state index in [9.17, 15) is 13.2 Å². The SMILES string of the molecule is Cc1nc(CNCC2CCc3nc(C(F)(F)F)cn3C2)cs1. The van der Waals surface area contributed by atoms with Crippen molar-refractivity contribution in [3.8, 4) is 0 Å². The Morgan fingerprint density at radius 2 is 2.23 bits per heavy atom. The van der Waals surface area contributed by atoms with E-state index < -0.39 is 11.9 Å². The normalized spacial score (nSPS) is 18.5. The molecule has 0 bridgehead atoms. The molecule has 8 heteroatoms. The van der Waals surface area contributed by atoms with Crippen molar-refractivity contribution in [3.63, 3.8) is 0 Å². The van der Waals surface area contributed by atoms with Crippen molar-refractivity contribution >= 4 is 11.3 Å². The first kappa shape index (κ1) is 15.5. The molecule has 0 aliphatic carbocycles. The second kappa shape index (κ2) is 6.00. The van der Waals surface area contributed by atoms with Crippen LogP contribution in [0, 0.1) is 12.8 Å². The highest BCUT2D eigenvalue weighted by Gasteiger charge is 2.35. The minimum Gasteiger partial charge on any atom is -0.334 e. The fourth-order valence-corrected chi connectivity index (χ4v) is 3.32. The predicted octanol–water partition coefficient (Wildman–Crippen LogP) is 3.02. The van der Waals surface area contributed by atoms with Crippen LogP contribution >= 0.6 is 11.3 Å². The fraction of sp³-hybridized carbons (Fsp3) is 0.571. The van der Waals surface area contributed by atoms with Gasteiger partial charge in [0.05, 0.1) is 10.7 Å². The van der Waals surface area contributed by atoms with Crippen molar-refractivity contribution in [3.05, 3.63) is 33.8 Å². The molecule has 1 aliphatic rings. The number of rotatable bonds is 4. The Morgan fingerprint density at radius 1 is 1.41 bits per heavy atom. The molecule has 0 saturated carbocycles. The Morgan fingerprint density at radius 3 is 2.91 bits per heavy atom. The lowest BCUT2D eigenvalue weighted by molar-refractivity contribution is -0.141. The summed E-state index contributed by atoms with van der Waals surface area (Å²) in [6, 6.07) is 0. The number of halogens is 3. The van der Waals surface area contributed by atoms with E-state index in [-0.39, 0.29) is 0 Å². The summed E-state index contributed by atoms with van der Waals surface area (Å²) in [5, 5.41) is 6.40. The third-order valence-electron chi connectivity index (χ3n) is 3.79. The van der Waals surface area contributed by atoms with Gasteiger partial charge in [-0.15, -0.1) is 11.3 Å². The van der Waals surface area contributed by atoms with Gasteiger partial charge in [0.2, 0.25) is 0 Å². The van der Waals surface area contributed by atoms with Crippen LogP contribution in [0.1, 0.15) is 28.6 Å². The van der Waals surface area contributed by atoms with Crippen molar-refractivity contribution in [2.75, 3.05) is 6.54 Å². The second-order valence-electron chi connectivity index (χ2n) is 5.59. The lowest BCUT2D eigenvalue weighted by atomic mass is 9.99. The molecule has 2 aromatic rings. The molecule has 4 nitrogen and oxygen atoms in total. The van der Waals surface area contributed by atoms with Crippen molar-refractivity contribution in [2.24, 2.45) is 5.92 Å². The first-order valence-corrected chi connectivity index (χ1v) is 8.05. The van der Waals surface area contributed by atoms with Crippen LogP contribution < -0.4 is 5.32 Å². The van der Waals surface area contributed by atoms with Gasteiger partial charge >= 0.3 is 6.18 Å². The Labute approximate surface area is 130 Å². The molecular weight excluding hydrogens is 313 g/mol. The maximum absolute atomic E-state index is 12.7. The van der Waals surface area contributed by atoms with Crippen LogP contribution in [-0.2, 0) is 25.7 Å². The second-order valence-corrected chi connectivity index (χ2v) is 6.65. The number of imidazole rings is 1. The average Bonchev–Trinajstić information content (AvgIpc) is 3.04. The van der Waals surface area contributed by atoms with Gasteiger partial charge in [0.1, 0.15) is 5.82 Å². The van der Waals surface area contributed by atoms with Gasteiger partial charge in [-0.25, -0.2) is 9.97 Å². The molecule has 0 amide bonds. The van der Waals surface area contributed by atoms with Crippen LogP contribution in [0.2, 0.25) is 0 Å². The summed E-state index contributed by atoms with van der Waals surface area (Å²) in [5.74, 6) is 0.862. The number of alkyl halides is 3. The first-order valence-electron chi connectivity index (χ1n) is 7.17. The molecule has 3 rings (SSSR count). The van der Waals surface area contributed by atoms with E-state index in [4.69, 9.17) is 0 Å². The molecule has 0 radical (unpaired) electrons. The molecule has 2 aromatic heterocycles. The molecule has 1 N–H and O–H groups in total. The topological polar surface area (TPSA) is 42.7 Å². The molecule has 0 fully saturated rings. The summed E-state index contributed by atoms with van der Waals surface area (Å²) in [7, 11) is 0. The zero-order valence-electron chi connectivity index (χ0n) is 12.2. The van der Waals surface area contributed by atoms with Crippen molar-refractivity contribution in [1.29, 1.82) is 0 Å². The highest BCUT2D eigenvalue weighted by molar-refractivity contribution is 7.09. The lowest BCUT2D eigenvalue weighted by Crippen LogP contribution is -2.29. The predicted molar refractivity (Wildman–Crippen MR) is 77.6 cm³/mol. The monoisotopic (exact) mass is 330 g/mol. The summed E-state index contributed by atoms with van der Waals surface area (Å²) >= 11 is 1.62. The lowest BCUT2D eigenvalue weighted by Gasteiger charge is -2.23. The smallest absolute Gasteiger partial charge is 0.334 e. The van der Waals surface area contributed by atoms with Gasteiger partial charge in [0.15, 0.2) is 5.69 Å². The molecule has 0 saturated heterocycles. The van der Waals surface area contributed by atoms with E-state index in [1.807, 2.05) is 12.3 Å². The largest absolute Gasteiger partial charge is 0.434 e. The first-order chi connectivity index (χ1) is 10.4. The highest BCUT2D eigenvalue weighted by Crippen LogP contribution is 2.30. The van der Waals surface area contributed by atoms with Gasteiger partial charge in [-0.05, 0) is 19.3 Å². The van der Waals surface area contributed by atoms with Crippen molar-refractivity contribution < 1.29 is 13.2 Å². The van der Waals surface area contributed by atoms with Crippen molar-refractivity contribution in [1.82, 2.24) is 19.9 Å².